The van der Waals surface area contributed by atoms with Gasteiger partial charge < -0.3 is 4.90 Å². The lowest BCUT2D eigenvalue weighted by atomic mass is 10.2. The summed E-state index contributed by atoms with van der Waals surface area (Å²) in [4.78, 5) is 16.1. The Kier molecular flexibility index (Phi) is 2.79. The maximum Gasteiger partial charge on any atom is 0.227 e. The molecule has 0 saturated carbocycles. The lowest BCUT2D eigenvalue weighted by Gasteiger charge is -2.21. The third-order valence-corrected chi connectivity index (χ3v) is 2.77. The summed E-state index contributed by atoms with van der Waals surface area (Å²) < 4.78 is 0. The Bertz CT molecular complexity index is 448. The topological polar surface area (TPSA) is 69.1 Å². The highest BCUT2D eigenvalue weighted by atomic mass is 16.2. The molecule has 2 rings (SSSR count). The second kappa shape index (κ2) is 4.24. The molecule has 1 aromatic carbocycles. The van der Waals surface area contributed by atoms with Crippen LogP contribution in [-0.4, -0.2) is 11.9 Å². The van der Waals surface area contributed by atoms with Crippen LogP contribution in [0.4, 0.5) is 11.4 Å². The van der Waals surface area contributed by atoms with Gasteiger partial charge in [0.05, 0.1) is 0 Å². The molecular weight excluding hydrogens is 204 g/mol. The van der Waals surface area contributed by atoms with Crippen molar-refractivity contribution in [1.82, 2.24) is 0 Å². The highest BCUT2D eigenvalue weighted by Crippen LogP contribution is 2.27. The molecule has 5 heteroatoms. The normalized spacial score (nSPS) is 19.7. The Morgan fingerprint density at radius 2 is 2.12 bits per heavy atom. The van der Waals surface area contributed by atoms with E-state index in [1.807, 2.05) is 19.1 Å². The Morgan fingerprint density at radius 3 is 2.62 bits per heavy atom. The van der Waals surface area contributed by atoms with E-state index in [0.717, 1.165) is 12.1 Å². The molecule has 1 unspecified atom stereocenters. The molecule has 1 fully saturated rings. The van der Waals surface area contributed by atoms with Crippen molar-refractivity contribution in [3.8, 4) is 0 Å². The average molecular weight is 216 g/mol. The fraction of sp³-hybridized carbons (Fsp3) is 0.364. The van der Waals surface area contributed by atoms with E-state index in [1.54, 1.807) is 17.0 Å². The predicted molar refractivity (Wildman–Crippen MR) is 61.4 cm³/mol. The number of hydrogen-bond donors (Lipinski definition) is 0. The van der Waals surface area contributed by atoms with Crippen molar-refractivity contribution in [2.24, 2.45) is 5.11 Å². The highest BCUT2D eigenvalue weighted by Gasteiger charge is 2.28. The predicted octanol–water partition coefficient (Wildman–Crippen LogP) is 3.14. The van der Waals surface area contributed by atoms with Gasteiger partial charge in [-0.25, -0.2) is 0 Å². The number of carbonyl (C=O) groups is 1. The fourth-order valence-corrected chi connectivity index (χ4v) is 1.96. The molecule has 0 spiro atoms. The number of nitrogens with zero attached hydrogens (tertiary/aromatic N) is 4. The SMILES string of the molecule is CC1CCC(=O)N1c1ccc(N=[N+]=[N-])cc1. The van der Waals surface area contributed by atoms with Crippen molar-refractivity contribution in [3.05, 3.63) is 34.7 Å². The van der Waals surface area contributed by atoms with Gasteiger partial charge in [0.2, 0.25) is 5.91 Å². The molecule has 0 radical (unpaired) electrons. The summed E-state index contributed by atoms with van der Waals surface area (Å²) in [6.45, 7) is 2.03. The van der Waals surface area contributed by atoms with Crippen molar-refractivity contribution in [3.63, 3.8) is 0 Å². The van der Waals surface area contributed by atoms with E-state index in [2.05, 4.69) is 10.0 Å². The first kappa shape index (κ1) is 10.5. The first-order valence-corrected chi connectivity index (χ1v) is 5.19. The van der Waals surface area contributed by atoms with Gasteiger partial charge in [0.15, 0.2) is 0 Å². The number of amides is 1. The molecule has 0 bridgehead atoms. The molecule has 5 nitrogen and oxygen atoms in total. The van der Waals surface area contributed by atoms with Crippen LogP contribution in [0.1, 0.15) is 19.8 Å². The summed E-state index contributed by atoms with van der Waals surface area (Å²) in [6, 6.07) is 7.30. The van der Waals surface area contributed by atoms with Crippen LogP contribution in [0.2, 0.25) is 0 Å². The minimum absolute atomic E-state index is 0.157. The lowest BCUT2D eigenvalue weighted by Crippen LogP contribution is -2.30. The Morgan fingerprint density at radius 1 is 1.44 bits per heavy atom. The molecular formula is C11H12N4O. The summed E-state index contributed by atoms with van der Waals surface area (Å²) >= 11 is 0. The number of benzene rings is 1. The van der Waals surface area contributed by atoms with Gasteiger partial charge in [-0.15, -0.1) is 0 Å². The van der Waals surface area contributed by atoms with Gasteiger partial charge in [-0.1, -0.05) is 17.2 Å². The number of azide groups is 1. The van der Waals surface area contributed by atoms with E-state index in [-0.39, 0.29) is 11.9 Å². The first-order valence-electron chi connectivity index (χ1n) is 5.19. The van der Waals surface area contributed by atoms with Gasteiger partial charge in [-0.2, -0.15) is 0 Å². The maximum atomic E-state index is 11.6. The van der Waals surface area contributed by atoms with E-state index in [0.29, 0.717) is 12.1 Å². The van der Waals surface area contributed by atoms with E-state index in [4.69, 9.17) is 5.53 Å². The molecule has 1 aliphatic rings. The number of anilines is 1. The molecule has 0 aliphatic carbocycles. The molecule has 82 valence electrons. The van der Waals surface area contributed by atoms with Gasteiger partial charge in [0.25, 0.3) is 0 Å². The molecule has 0 aromatic heterocycles. The molecule has 1 aliphatic heterocycles. The van der Waals surface area contributed by atoms with Crippen molar-refractivity contribution in [2.75, 3.05) is 4.90 Å². The van der Waals surface area contributed by atoms with Crippen LogP contribution in [0.3, 0.4) is 0 Å². The van der Waals surface area contributed by atoms with Crippen LogP contribution in [0, 0.1) is 0 Å². The van der Waals surface area contributed by atoms with Gasteiger partial charge >= 0.3 is 0 Å². The molecule has 1 amide bonds. The Labute approximate surface area is 93.3 Å². The second-order valence-electron chi connectivity index (χ2n) is 3.86. The van der Waals surface area contributed by atoms with E-state index in [1.165, 1.54) is 0 Å². The largest absolute Gasteiger partial charge is 0.310 e. The van der Waals surface area contributed by atoms with E-state index in [9.17, 15) is 4.79 Å². The first-order chi connectivity index (χ1) is 7.72. The van der Waals surface area contributed by atoms with E-state index < -0.39 is 0 Å². The van der Waals surface area contributed by atoms with Crippen molar-refractivity contribution < 1.29 is 4.79 Å². The molecule has 1 atom stereocenters. The van der Waals surface area contributed by atoms with Gasteiger partial charge in [-0.3, -0.25) is 4.79 Å². The standard InChI is InChI=1S/C11H12N4O/c1-8-2-7-11(16)15(8)10-5-3-9(4-6-10)13-14-12/h3-6,8H,2,7H2,1H3. The molecule has 1 aromatic rings. The van der Waals surface area contributed by atoms with Crippen LogP contribution in [0.5, 0.6) is 0 Å². The maximum absolute atomic E-state index is 11.6. The minimum Gasteiger partial charge on any atom is -0.310 e. The number of hydrogen-bond acceptors (Lipinski definition) is 2. The van der Waals surface area contributed by atoms with Crippen LogP contribution in [0.25, 0.3) is 10.4 Å². The molecule has 1 saturated heterocycles. The number of carbonyl (C=O) groups excluding carboxylic acids is 1. The zero-order valence-corrected chi connectivity index (χ0v) is 9.00. The fourth-order valence-electron chi connectivity index (χ4n) is 1.96. The van der Waals surface area contributed by atoms with Crippen LogP contribution >= 0.6 is 0 Å². The van der Waals surface area contributed by atoms with Crippen LogP contribution in [-0.2, 0) is 4.79 Å². The smallest absolute Gasteiger partial charge is 0.227 e. The number of rotatable bonds is 2. The molecule has 16 heavy (non-hydrogen) atoms. The van der Waals surface area contributed by atoms with Gasteiger partial charge in [0, 0.05) is 28.7 Å². The minimum atomic E-state index is 0.157. The van der Waals surface area contributed by atoms with Gasteiger partial charge in [0.1, 0.15) is 0 Å². The third-order valence-electron chi connectivity index (χ3n) is 2.77. The monoisotopic (exact) mass is 216 g/mol. The highest BCUT2D eigenvalue weighted by molar-refractivity contribution is 5.96. The Balaban J connectivity index is 2.27. The van der Waals surface area contributed by atoms with Crippen molar-refractivity contribution in [2.45, 2.75) is 25.8 Å². The van der Waals surface area contributed by atoms with Gasteiger partial charge in [-0.05, 0) is 31.0 Å². The summed E-state index contributed by atoms with van der Waals surface area (Å²) in [5.41, 5.74) is 9.71. The lowest BCUT2D eigenvalue weighted by molar-refractivity contribution is -0.117. The van der Waals surface area contributed by atoms with Crippen LogP contribution in [0.15, 0.2) is 29.4 Å². The second-order valence-corrected chi connectivity index (χ2v) is 3.86. The van der Waals surface area contributed by atoms with Crippen molar-refractivity contribution in [1.29, 1.82) is 0 Å². The van der Waals surface area contributed by atoms with E-state index >= 15 is 0 Å². The molecule has 1 heterocycles. The zero-order chi connectivity index (χ0) is 11.5. The average Bonchev–Trinajstić information content (AvgIpc) is 2.61. The third kappa shape index (κ3) is 1.85. The summed E-state index contributed by atoms with van der Waals surface area (Å²) in [6.07, 6.45) is 1.51. The summed E-state index contributed by atoms with van der Waals surface area (Å²) in [5, 5.41) is 3.49. The summed E-state index contributed by atoms with van der Waals surface area (Å²) in [5.74, 6) is 0.157. The Hall–Kier alpha value is -2.00. The summed E-state index contributed by atoms with van der Waals surface area (Å²) in [7, 11) is 0. The quantitative estimate of drug-likeness (QED) is 0.425. The van der Waals surface area contributed by atoms with Crippen molar-refractivity contribution >= 4 is 17.3 Å². The zero-order valence-electron chi connectivity index (χ0n) is 9.00. The molecule has 0 N–H and O–H groups in total. The van der Waals surface area contributed by atoms with Crippen LogP contribution < -0.4 is 4.90 Å².